The fraction of sp³-hybridized carbons (Fsp3) is 0.333. The molecule has 1 atom stereocenters. The highest BCUT2D eigenvalue weighted by molar-refractivity contribution is 6.30. The van der Waals surface area contributed by atoms with E-state index in [9.17, 15) is 14.7 Å². The molecule has 0 radical (unpaired) electrons. The maximum atomic E-state index is 11.7. The molecule has 1 aromatic carbocycles. The Labute approximate surface area is 161 Å². The number of nitrogens with zero attached hydrogens (tertiary/aromatic N) is 2. The average molecular weight is 394 g/mol. The minimum atomic E-state index is -1.20. The summed E-state index contributed by atoms with van der Waals surface area (Å²) in [5.41, 5.74) is 4.89. The highest BCUT2D eigenvalue weighted by Gasteiger charge is 2.26. The molecule has 8 nitrogen and oxygen atoms in total. The van der Waals surface area contributed by atoms with Crippen molar-refractivity contribution in [3.8, 4) is 0 Å². The quantitative estimate of drug-likeness (QED) is 0.388. The molecule has 0 aliphatic rings. The molecule has 2 rings (SSSR count). The summed E-state index contributed by atoms with van der Waals surface area (Å²) in [5.74, 6) is 6.09. The van der Waals surface area contributed by atoms with Crippen LogP contribution in [0.2, 0.25) is 5.02 Å². The van der Waals surface area contributed by atoms with Crippen LogP contribution in [0.25, 0.3) is 0 Å². The van der Waals surface area contributed by atoms with Gasteiger partial charge in [-0.2, -0.15) is 0 Å². The summed E-state index contributed by atoms with van der Waals surface area (Å²) >= 11 is 5.88. The number of hydrogen-bond donors (Lipinski definition) is 4. The average Bonchev–Trinajstić information content (AvgIpc) is 2.60. The van der Waals surface area contributed by atoms with Gasteiger partial charge >= 0.3 is 5.69 Å². The Bertz CT molecular complexity index is 902. The third-order valence-corrected chi connectivity index (χ3v) is 4.49. The first-order valence-electron chi connectivity index (χ1n) is 8.44. The van der Waals surface area contributed by atoms with Crippen LogP contribution in [-0.4, -0.2) is 26.2 Å². The molecule has 0 saturated carbocycles. The molecule has 27 heavy (non-hydrogen) atoms. The van der Waals surface area contributed by atoms with Crippen LogP contribution in [0.15, 0.2) is 58.0 Å². The smallest absolute Gasteiger partial charge is 0.328 e. The zero-order valence-electron chi connectivity index (χ0n) is 15.1. The van der Waals surface area contributed by atoms with Crippen LogP contribution in [-0.2, 0) is 12.1 Å². The first-order valence-corrected chi connectivity index (χ1v) is 8.82. The van der Waals surface area contributed by atoms with E-state index in [1.807, 2.05) is 0 Å². The third-order valence-electron chi connectivity index (χ3n) is 4.23. The molecule has 6 N–H and O–H groups in total. The van der Waals surface area contributed by atoms with Crippen LogP contribution < -0.4 is 22.8 Å². The van der Waals surface area contributed by atoms with E-state index in [2.05, 4.69) is 4.98 Å². The predicted octanol–water partition coefficient (Wildman–Crippen LogP) is 0.854. The molecular weight excluding hydrogens is 370 g/mol. The number of nitrogens with one attached hydrogen (secondary N) is 1. The van der Waals surface area contributed by atoms with Gasteiger partial charge in [-0.1, -0.05) is 23.7 Å². The van der Waals surface area contributed by atoms with E-state index in [1.165, 1.54) is 28.0 Å². The van der Waals surface area contributed by atoms with Crippen LogP contribution in [0.3, 0.4) is 0 Å². The number of aliphatic hydroxyl groups is 1. The van der Waals surface area contributed by atoms with Crippen LogP contribution in [0.5, 0.6) is 0 Å². The van der Waals surface area contributed by atoms with E-state index in [1.54, 1.807) is 31.2 Å². The highest BCUT2D eigenvalue weighted by atomic mass is 35.5. The van der Waals surface area contributed by atoms with Gasteiger partial charge in [-0.3, -0.25) is 9.78 Å². The summed E-state index contributed by atoms with van der Waals surface area (Å²) in [5, 5.41) is 12.7. The summed E-state index contributed by atoms with van der Waals surface area (Å²) in [6.45, 7) is 2.18. The molecule has 0 unspecified atom stereocenters. The number of allylic oxidation sites excluding steroid dienone is 1. The van der Waals surface area contributed by atoms with E-state index in [0.717, 1.165) is 0 Å². The Kier molecular flexibility index (Phi) is 6.84. The monoisotopic (exact) mass is 393 g/mol. The zero-order valence-corrected chi connectivity index (χ0v) is 15.8. The van der Waals surface area contributed by atoms with Gasteiger partial charge in [-0.15, -0.1) is 0 Å². The van der Waals surface area contributed by atoms with E-state index in [-0.39, 0.29) is 6.54 Å². The van der Waals surface area contributed by atoms with Crippen LogP contribution in [0.4, 0.5) is 0 Å². The first kappa shape index (κ1) is 20.8. The minimum absolute atomic E-state index is 0.121. The summed E-state index contributed by atoms with van der Waals surface area (Å²) in [7, 11) is 0. The van der Waals surface area contributed by atoms with Crippen molar-refractivity contribution in [3.05, 3.63) is 79.8 Å². The van der Waals surface area contributed by atoms with Crippen molar-refractivity contribution in [3.63, 3.8) is 0 Å². The molecule has 2 aromatic rings. The van der Waals surface area contributed by atoms with Gasteiger partial charge in [0.15, 0.2) is 0 Å². The Hall–Kier alpha value is -2.55. The summed E-state index contributed by atoms with van der Waals surface area (Å²) in [6, 6.07) is 8.18. The number of rotatable bonds is 8. The van der Waals surface area contributed by atoms with Crippen molar-refractivity contribution in [1.82, 2.24) is 14.6 Å². The zero-order chi connectivity index (χ0) is 20.0. The van der Waals surface area contributed by atoms with Gasteiger partial charge in [0.2, 0.25) is 0 Å². The lowest BCUT2D eigenvalue weighted by Gasteiger charge is -2.31. The predicted molar refractivity (Wildman–Crippen MR) is 105 cm³/mol. The summed E-state index contributed by atoms with van der Waals surface area (Å²) in [6.07, 6.45) is 3.90. The molecule has 1 aromatic heterocycles. The molecule has 0 amide bonds. The van der Waals surface area contributed by atoms with Gasteiger partial charge in [0.1, 0.15) is 5.60 Å². The second-order valence-electron chi connectivity index (χ2n) is 6.47. The van der Waals surface area contributed by atoms with Crippen molar-refractivity contribution >= 4 is 11.6 Å². The molecular formula is C18H24ClN5O3. The fourth-order valence-electron chi connectivity index (χ4n) is 2.71. The number of aryl methyl sites for hydroxylation is 1. The topological polar surface area (TPSA) is 130 Å². The number of aromatic nitrogens is 2. The number of aromatic amines is 1. The number of hydrazine groups is 1. The number of halogens is 1. The molecule has 146 valence electrons. The fourth-order valence-corrected chi connectivity index (χ4v) is 2.83. The van der Waals surface area contributed by atoms with Crippen molar-refractivity contribution in [1.29, 1.82) is 0 Å². The number of benzene rings is 1. The van der Waals surface area contributed by atoms with Gasteiger partial charge in [-0.25, -0.2) is 10.6 Å². The molecule has 1 heterocycles. The normalized spacial score (nSPS) is 14.0. The minimum Gasteiger partial charge on any atom is -0.403 e. The molecule has 0 saturated heterocycles. The molecule has 0 aliphatic carbocycles. The van der Waals surface area contributed by atoms with Crippen LogP contribution in [0, 0.1) is 0 Å². The Morgan fingerprint density at radius 2 is 2.00 bits per heavy atom. The van der Waals surface area contributed by atoms with Gasteiger partial charge < -0.3 is 20.4 Å². The SMILES string of the molecule is C[C@@](O)(CN(N)/C(=C\N)CCCn1ccc(=O)[nH]c1=O)c1ccc(Cl)cc1. The molecule has 0 aliphatic heterocycles. The highest BCUT2D eigenvalue weighted by Crippen LogP contribution is 2.24. The van der Waals surface area contributed by atoms with Crippen molar-refractivity contribution < 1.29 is 5.11 Å². The van der Waals surface area contributed by atoms with Gasteiger partial charge in [0.25, 0.3) is 5.56 Å². The maximum Gasteiger partial charge on any atom is 0.328 e. The largest absolute Gasteiger partial charge is 0.403 e. The van der Waals surface area contributed by atoms with E-state index < -0.39 is 16.9 Å². The third kappa shape index (κ3) is 5.72. The number of hydrogen-bond acceptors (Lipinski definition) is 6. The standard InChI is InChI=1S/C18H24ClN5O3/c1-18(27,13-4-6-14(19)7-5-13)12-24(21)15(11-20)3-2-9-23-10-8-16(25)22-17(23)26/h4-8,10-11,27H,2-3,9,12,20-21H2,1H3,(H,22,25,26)/b15-11-/t18-/m1/s1. The summed E-state index contributed by atoms with van der Waals surface area (Å²) in [4.78, 5) is 25.0. The van der Waals surface area contributed by atoms with Gasteiger partial charge in [0.05, 0.1) is 6.54 Å². The van der Waals surface area contributed by atoms with Crippen LogP contribution in [0.1, 0.15) is 25.3 Å². The Morgan fingerprint density at radius 3 is 2.59 bits per heavy atom. The van der Waals surface area contributed by atoms with Gasteiger partial charge in [-0.05, 0) is 37.5 Å². The maximum absolute atomic E-state index is 11.7. The molecule has 9 heteroatoms. The Balaban J connectivity index is 1.96. The molecule has 0 fully saturated rings. The lowest BCUT2D eigenvalue weighted by atomic mass is 9.95. The molecule has 0 spiro atoms. The van der Waals surface area contributed by atoms with Crippen LogP contribution >= 0.6 is 11.6 Å². The number of nitrogens with two attached hydrogens (primary N) is 2. The lowest BCUT2D eigenvalue weighted by molar-refractivity contribution is 0.0243. The lowest BCUT2D eigenvalue weighted by Crippen LogP contribution is -2.42. The molecule has 0 bridgehead atoms. The Morgan fingerprint density at radius 1 is 1.33 bits per heavy atom. The number of H-pyrrole nitrogens is 1. The van der Waals surface area contributed by atoms with Crippen molar-refractivity contribution in [2.24, 2.45) is 11.6 Å². The first-order chi connectivity index (χ1) is 12.7. The van der Waals surface area contributed by atoms with E-state index in [4.69, 9.17) is 23.2 Å². The van der Waals surface area contributed by atoms with E-state index >= 15 is 0 Å². The van der Waals surface area contributed by atoms with Crippen molar-refractivity contribution in [2.75, 3.05) is 6.54 Å². The summed E-state index contributed by atoms with van der Waals surface area (Å²) < 4.78 is 1.40. The van der Waals surface area contributed by atoms with Gasteiger partial charge in [0, 0.05) is 35.7 Å². The van der Waals surface area contributed by atoms with Crippen molar-refractivity contribution in [2.45, 2.75) is 31.9 Å². The second kappa shape index (κ2) is 8.90. The van der Waals surface area contributed by atoms with E-state index in [0.29, 0.717) is 35.7 Å². The second-order valence-corrected chi connectivity index (χ2v) is 6.91.